The largest absolute Gasteiger partial charge is 0.376 e. The third-order valence-electron chi connectivity index (χ3n) is 6.03. The number of hydrogen-bond acceptors (Lipinski definition) is 3. The topological polar surface area (TPSA) is 54.7 Å². The third kappa shape index (κ3) is 5.68. The minimum absolute atomic E-state index is 0.558. The molecule has 1 aliphatic heterocycles. The molecule has 0 aliphatic carbocycles. The molecule has 0 amide bonds. The molecule has 0 spiro atoms. The Morgan fingerprint density at radius 1 is 1.16 bits per heavy atom. The van der Waals surface area contributed by atoms with Crippen LogP contribution >= 0.6 is 0 Å². The number of imidazole rings is 1. The Kier molecular flexibility index (Phi) is 7.77. The van der Waals surface area contributed by atoms with Crippen LogP contribution in [0.5, 0.6) is 0 Å². The fraction of sp³-hybridized carbons (Fsp3) is 0.462. The molecule has 0 saturated carbocycles. The lowest BCUT2D eigenvalue weighted by atomic mass is 10.1. The predicted molar refractivity (Wildman–Crippen MR) is 131 cm³/mol. The Balaban J connectivity index is 1.26. The molecule has 2 heterocycles. The standard InChI is InChI=1S/C26H35N5O/c1-3-27-26(28-15-9-16-31-21(2)29-24-12-7-8-13-25(24)31)30-17-14-23(18-30)20-32-19-22-10-5-4-6-11-22/h4-8,10-13,23H,3,9,14-20H2,1-2H3,(H,27,28). The number of aliphatic imine (C=N–C) groups is 1. The smallest absolute Gasteiger partial charge is 0.193 e. The van der Waals surface area contributed by atoms with Gasteiger partial charge in [0, 0.05) is 38.6 Å². The van der Waals surface area contributed by atoms with Crippen molar-refractivity contribution < 1.29 is 4.74 Å². The lowest BCUT2D eigenvalue weighted by Gasteiger charge is -2.21. The Labute approximate surface area is 191 Å². The van der Waals surface area contributed by atoms with E-state index >= 15 is 0 Å². The van der Waals surface area contributed by atoms with E-state index in [4.69, 9.17) is 9.73 Å². The van der Waals surface area contributed by atoms with Crippen LogP contribution in [0.1, 0.15) is 31.2 Å². The number of benzene rings is 2. The van der Waals surface area contributed by atoms with Crippen molar-refractivity contribution in [2.75, 3.05) is 32.8 Å². The predicted octanol–water partition coefficient (Wildman–Crippen LogP) is 4.24. The van der Waals surface area contributed by atoms with Crippen molar-refractivity contribution in [3.05, 3.63) is 66.0 Å². The van der Waals surface area contributed by atoms with Gasteiger partial charge in [-0.25, -0.2) is 4.98 Å². The van der Waals surface area contributed by atoms with Gasteiger partial charge in [0.2, 0.25) is 0 Å². The fourth-order valence-electron chi connectivity index (χ4n) is 4.40. The van der Waals surface area contributed by atoms with Crippen molar-refractivity contribution in [2.24, 2.45) is 10.9 Å². The van der Waals surface area contributed by atoms with Gasteiger partial charge in [-0.2, -0.15) is 0 Å². The van der Waals surface area contributed by atoms with Crippen LogP contribution in [0.25, 0.3) is 11.0 Å². The number of nitrogens with one attached hydrogen (secondary N) is 1. The van der Waals surface area contributed by atoms with Crippen LogP contribution < -0.4 is 5.32 Å². The van der Waals surface area contributed by atoms with Gasteiger partial charge >= 0.3 is 0 Å². The summed E-state index contributed by atoms with van der Waals surface area (Å²) < 4.78 is 8.28. The Morgan fingerprint density at radius 2 is 1.97 bits per heavy atom. The SMILES string of the molecule is CCNC(=NCCCn1c(C)nc2ccccc21)N1CCC(COCc2ccccc2)C1. The maximum absolute atomic E-state index is 5.98. The molecule has 2 aromatic carbocycles. The molecule has 1 atom stereocenters. The summed E-state index contributed by atoms with van der Waals surface area (Å²) in [4.78, 5) is 12.0. The summed E-state index contributed by atoms with van der Waals surface area (Å²) in [6.45, 7) is 10.4. The number of fused-ring (bicyclic) bond motifs is 1. The second-order valence-electron chi connectivity index (χ2n) is 8.49. The molecule has 6 nitrogen and oxygen atoms in total. The molecule has 1 fully saturated rings. The van der Waals surface area contributed by atoms with E-state index in [2.05, 4.69) is 76.1 Å². The Hall–Kier alpha value is -2.86. The summed E-state index contributed by atoms with van der Waals surface area (Å²) in [5, 5.41) is 3.48. The zero-order valence-electron chi connectivity index (χ0n) is 19.3. The van der Waals surface area contributed by atoms with Gasteiger partial charge in [0.05, 0.1) is 24.2 Å². The first-order chi connectivity index (χ1) is 15.7. The van der Waals surface area contributed by atoms with Crippen molar-refractivity contribution in [3.8, 4) is 0 Å². The summed E-state index contributed by atoms with van der Waals surface area (Å²) in [5.74, 6) is 2.66. The Bertz CT molecular complexity index is 1010. The fourth-order valence-corrected chi connectivity index (χ4v) is 4.40. The molecule has 1 aromatic heterocycles. The van der Waals surface area contributed by atoms with E-state index in [9.17, 15) is 0 Å². The van der Waals surface area contributed by atoms with Crippen molar-refractivity contribution in [1.29, 1.82) is 0 Å². The quantitative estimate of drug-likeness (QED) is 0.312. The molecule has 1 saturated heterocycles. The second kappa shape index (κ2) is 11.1. The van der Waals surface area contributed by atoms with E-state index in [0.29, 0.717) is 12.5 Å². The molecule has 1 aliphatic rings. The molecule has 1 unspecified atom stereocenters. The van der Waals surface area contributed by atoms with E-state index in [1.165, 1.54) is 11.1 Å². The zero-order chi connectivity index (χ0) is 22.2. The van der Waals surface area contributed by atoms with E-state index in [1.807, 2.05) is 12.1 Å². The molecule has 0 bridgehead atoms. The maximum atomic E-state index is 5.98. The van der Waals surface area contributed by atoms with Gasteiger partial charge in [0.15, 0.2) is 5.96 Å². The van der Waals surface area contributed by atoms with Gasteiger partial charge in [-0.1, -0.05) is 42.5 Å². The number of aryl methyl sites for hydroxylation is 2. The highest BCUT2D eigenvalue weighted by Crippen LogP contribution is 2.18. The van der Waals surface area contributed by atoms with Crippen molar-refractivity contribution in [1.82, 2.24) is 19.8 Å². The molecule has 6 heteroatoms. The van der Waals surface area contributed by atoms with E-state index in [0.717, 1.165) is 69.5 Å². The molecule has 170 valence electrons. The first-order valence-electron chi connectivity index (χ1n) is 11.8. The van der Waals surface area contributed by atoms with Crippen LogP contribution in [0.3, 0.4) is 0 Å². The van der Waals surface area contributed by atoms with Crippen LogP contribution in [0, 0.1) is 12.8 Å². The van der Waals surface area contributed by atoms with Gasteiger partial charge in [0.1, 0.15) is 5.82 Å². The molecular weight excluding hydrogens is 398 g/mol. The third-order valence-corrected chi connectivity index (χ3v) is 6.03. The minimum atomic E-state index is 0.558. The van der Waals surface area contributed by atoms with Gasteiger partial charge in [0.25, 0.3) is 0 Å². The molecule has 3 aromatic rings. The Morgan fingerprint density at radius 3 is 2.81 bits per heavy atom. The highest BCUT2D eigenvalue weighted by Gasteiger charge is 2.25. The van der Waals surface area contributed by atoms with Crippen LogP contribution in [-0.4, -0.2) is 53.2 Å². The van der Waals surface area contributed by atoms with E-state index in [-0.39, 0.29) is 0 Å². The highest BCUT2D eigenvalue weighted by atomic mass is 16.5. The molecule has 4 rings (SSSR count). The van der Waals surface area contributed by atoms with Crippen LogP contribution in [0.2, 0.25) is 0 Å². The van der Waals surface area contributed by atoms with Gasteiger partial charge in [-0.15, -0.1) is 0 Å². The molecule has 32 heavy (non-hydrogen) atoms. The number of hydrogen-bond donors (Lipinski definition) is 1. The van der Waals surface area contributed by atoms with E-state index in [1.54, 1.807) is 0 Å². The normalized spacial score (nSPS) is 16.8. The number of ether oxygens (including phenoxy) is 1. The van der Waals surface area contributed by atoms with E-state index < -0.39 is 0 Å². The first kappa shape index (κ1) is 22.3. The lowest BCUT2D eigenvalue weighted by molar-refractivity contribution is 0.0907. The van der Waals surface area contributed by atoms with Crippen molar-refractivity contribution >= 4 is 17.0 Å². The average Bonchev–Trinajstić information content (AvgIpc) is 3.41. The number of aromatic nitrogens is 2. The molecule has 0 radical (unpaired) electrons. The summed E-state index contributed by atoms with van der Waals surface area (Å²) in [5.41, 5.74) is 3.51. The lowest BCUT2D eigenvalue weighted by Crippen LogP contribution is -2.40. The van der Waals surface area contributed by atoms with Crippen LogP contribution in [0.4, 0.5) is 0 Å². The van der Waals surface area contributed by atoms with Crippen LogP contribution in [0.15, 0.2) is 59.6 Å². The number of rotatable bonds is 9. The first-order valence-corrected chi connectivity index (χ1v) is 11.8. The highest BCUT2D eigenvalue weighted by molar-refractivity contribution is 5.80. The van der Waals surface area contributed by atoms with Gasteiger partial charge in [-0.3, -0.25) is 4.99 Å². The maximum Gasteiger partial charge on any atom is 0.193 e. The monoisotopic (exact) mass is 433 g/mol. The summed E-state index contributed by atoms with van der Waals surface area (Å²) in [6, 6.07) is 18.7. The summed E-state index contributed by atoms with van der Waals surface area (Å²) >= 11 is 0. The number of nitrogens with zero attached hydrogens (tertiary/aromatic N) is 4. The number of guanidine groups is 1. The minimum Gasteiger partial charge on any atom is -0.376 e. The molecule has 1 N–H and O–H groups in total. The molecular formula is C26H35N5O. The second-order valence-corrected chi connectivity index (χ2v) is 8.49. The summed E-state index contributed by atoms with van der Waals surface area (Å²) in [6.07, 6.45) is 2.15. The average molecular weight is 434 g/mol. The van der Waals surface area contributed by atoms with Gasteiger partial charge in [-0.05, 0) is 44.4 Å². The van der Waals surface area contributed by atoms with Crippen molar-refractivity contribution in [2.45, 2.75) is 39.8 Å². The zero-order valence-corrected chi connectivity index (χ0v) is 19.3. The van der Waals surface area contributed by atoms with Crippen molar-refractivity contribution in [3.63, 3.8) is 0 Å². The number of para-hydroxylation sites is 2. The van der Waals surface area contributed by atoms with Crippen LogP contribution in [-0.2, 0) is 17.9 Å². The summed E-state index contributed by atoms with van der Waals surface area (Å²) in [7, 11) is 0. The van der Waals surface area contributed by atoms with Gasteiger partial charge < -0.3 is 19.5 Å². The number of likely N-dealkylation sites (tertiary alicyclic amines) is 1.